The van der Waals surface area contributed by atoms with E-state index in [4.69, 9.17) is 0 Å². The van der Waals surface area contributed by atoms with E-state index in [1.807, 2.05) is 7.05 Å². The highest BCUT2D eigenvalue weighted by atomic mass is 19.1. The summed E-state index contributed by atoms with van der Waals surface area (Å²) in [6, 6.07) is 6.70. The molecule has 1 aliphatic heterocycles. The first-order chi connectivity index (χ1) is 12.8. The Balaban J connectivity index is 1.96. The Kier molecular flexibility index (Phi) is 5.70. The SMILES string of the molecule is CN1CCCC1CCN(C(=O)O)c1ccc(F)cc1-c1cc(F)cc(F)c1. The molecule has 2 aromatic rings. The second-order valence-corrected chi connectivity index (χ2v) is 6.82. The van der Waals surface area contributed by atoms with Gasteiger partial charge in [0, 0.05) is 24.2 Å². The number of nitrogens with zero attached hydrogens (tertiary/aromatic N) is 2. The summed E-state index contributed by atoms with van der Waals surface area (Å²) in [6.07, 6.45) is 1.49. The molecule has 1 aliphatic rings. The van der Waals surface area contributed by atoms with Crippen LogP contribution in [-0.4, -0.2) is 42.3 Å². The number of likely N-dealkylation sites (tertiary alicyclic amines) is 1. The van der Waals surface area contributed by atoms with E-state index < -0.39 is 23.5 Å². The van der Waals surface area contributed by atoms with Crippen LogP contribution in [0.5, 0.6) is 0 Å². The molecule has 0 saturated carbocycles. The molecule has 0 spiro atoms. The fourth-order valence-electron chi connectivity index (χ4n) is 3.63. The van der Waals surface area contributed by atoms with Crippen LogP contribution < -0.4 is 4.90 Å². The maximum absolute atomic E-state index is 13.8. The third-order valence-corrected chi connectivity index (χ3v) is 5.01. The second kappa shape index (κ2) is 8.00. The molecule has 2 aromatic carbocycles. The molecule has 1 atom stereocenters. The number of anilines is 1. The van der Waals surface area contributed by atoms with Crippen molar-refractivity contribution in [2.75, 3.05) is 25.0 Å². The summed E-state index contributed by atoms with van der Waals surface area (Å²) in [6.45, 7) is 1.18. The van der Waals surface area contributed by atoms with E-state index in [0.29, 0.717) is 12.5 Å². The van der Waals surface area contributed by atoms with E-state index in [-0.39, 0.29) is 29.4 Å². The van der Waals surface area contributed by atoms with Crippen LogP contribution in [0.15, 0.2) is 36.4 Å². The Hall–Kier alpha value is -2.54. The van der Waals surface area contributed by atoms with Crippen molar-refractivity contribution in [3.63, 3.8) is 0 Å². The largest absolute Gasteiger partial charge is 0.465 e. The molecule has 0 radical (unpaired) electrons. The van der Waals surface area contributed by atoms with Gasteiger partial charge in [-0.1, -0.05) is 0 Å². The Bertz CT molecular complexity index is 824. The lowest BCUT2D eigenvalue weighted by molar-refractivity contribution is 0.200. The van der Waals surface area contributed by atoms with Crippen LogP contribution in [0.25, 0.3) is 11.1 Å². The number of halogens is 3. The molecule has 4 nitrogen and oxygen atoms in total. The Morgan fingerprint density at radius 1 is 1.15 bits per heavy atom. The second-order valence-electron chi connectivity index (χ2n) is 6.82. The summed E-state index contributed by atoms with van der Waals surface area (Å²) in [7, 11) is 2.00. The highest BCUT2D eigenvalue weighted by Crippen LogP contribution is 2.33. The van der Waals surface area contributed by atoms with Gasteiger partial charge in [0.2, 0.25) is 0 Å². The number of rotatable bonds is 5. The topological polar surface area (TPSA) is 43.8 Å². The van der Waals surface area contributed by atoms with Crippen molar-refractivity contribution in [3.8, 4) is 11.1 Å². The third kappa shape index (κ3) is 4.42. The van der Waals surface area contributed by atoms with Gasteiger partial charge in [0.15, 0.2) is 0 Å². The molecule has 0 aliphatic carbocycles. The van der Waals surface area contributed by atoms with Crippen LogP contribution >= 0.6 is 0 Å². The van der Waals surface area contributed by atoms with E-state index in [1.165, 1.54) is 6.07 Å². The molecule has 1 heterocycles. The van der Waals surface area contributed by atoms with Gasteiger partial charge >= 0.3 is 6.09 Å². The van der Waals surface area contributed by atoms with E-state index in [1.54, 1.807) is 0 Å². The van der Waals surface area contributed by atoms with Gasteiger partial charge in [0.05, 0.1) is 5.69 Å². The molecule has 1 amide bonds. The Labute approximate surface area is 155 Å². The molecular formula is C20H21F3N2O2. The number of hydrogen-bond acceptors (Lipinski definition) is 2. The first-order valence-corrected chi connectivity index (χ1v) is 8.82. The van der Waals surface area contributed by atoms with E-state index in [9.17, 15) is 23.1 Å². The normalized spacial score (nSPS) is 17.3. The van der Waals surface area contributed by atoms with Crippen molar-refractivity contribution in [2.45, 2.75) is 25.3 Å². The van der Waals surface area contributed by atoms with Gasteiger partial charge in [0.25, 0.3) is 0 Å². The maximum atomic E-state index is 13.8. The zero-order valence-corrected chi connectivity index (χ0v) is 15.0. The fourth-order valence-corrected chi connectivity index (χ4v) is 3.63. The Morgan fingerprint density at radius 2 is 1.85 bits per heavy atom. The van der Waals surface area contributed by atoms with Crippen LogP contribution in [0.1, 0.15) is 19.3 Å². The number of amides is 1. The summed E-state index contributed by atoms with van der Waals surface area (Å²) < 4.78 is 41.1. The van der Waals surface area contributed by atoms with E-state index >= 15 is 0 Å². The zero-order valence-electron chi connectivity index (χ0n) is 15.0. The summed E-state index contributed by atoms with van der Waals surface area (Å²) in [5, 5.41) is 9.69. The van der Waals surface area contributed by atoms with Gasteiger partial charge in [-0.05, 0) is 68.8 Å². The lowest BCUT2D eigenvalue weighted by Crippen LogP contribution is -2.35. The number of benzene rings is 2. The monoisotopic (exact) mass is 378 g/mol. The molecule has 144 valence electrons. The van der Waals surface area contributed by atoms with Gasteiger partial charge in [0.1, 0.15) is 17.5 Å². The van der Waals surface area contributed by atoms with Gasteiger partial charge in [-0.25, -0.2) is 18.0 Å². The smallest absolute Gasteiger partial charge is 0.411 e. The minimum atomic E-state index is -1.19. The lowest BCUT2D eigenvalue weighted by atomic mass is 10.0. The van der Waals surface area contributed by atoms with Crippen LogP contribution in [0.3, 0.4) is 0 Å². The van der Waals surface area contributed by atoms with Crippen molar-refractivity contribution in [2.24, 2.45) is 0 Å². The predicted molar refractivity (Wildman–Crippen MR) is 97.4 cm³/mol. The number of carboxylic acid groups (broad SMARTS) is 1. The highest BCUT2D eigenvalue weighted by Gasteiger charge is 2.25. The molecule has 7 heteroatoms. The van der Waals surface area contributed by atoms with Crippen molar-refractivity contribution in [1.82, 2.24) is 4.90 Å². The molecule has 27 heavy (non-hydrogen) atoms. The minimum absolute atomic E-state index is 0.0891. The molecule has 3 rings (SSSR count). The number of carbonyl (C=O) groups is 1. The fraction of sp³-hybridized carbons (Fsp3) is 0.350. The standard InChI is InChI=1S/C20H21F3N2O2/c1-24-7-2-3-17(24)6-8-25(20(26)27)19-5-4-14(21)12-18(19)13-9-15(22)11-16(23)10-13/h4-5,9-12,17H,2-3,6-8H2,1H3,(H,26,27). The van der Waals surface area contributed by atoms with Crippen LogP contribution in [0, 0.1) is 17.5 Å². The number of hydrogen-bond donors (Lipinski definition) is 1. The average molecular weight is 378 g/mol. The summed E-state index contributed by atoms with van der Waals surface area (Å²) >= 11 is 0. The summed E-state index contributed by atoms with van der Waals surface area (Å²) in [4.78, 5) is 15.2. The van der Waals surface area contributed by atoms with Crippen molar-refractivity contribution in [3.05, 3.63) is 53.8 Å². The van der Waals surface area contributed by atoms with Crippen LogP contribution in [-0.2, 0) is 0 Å². The predicted octanol–water partition coefficient (Wildman–Crippen LogP) is 4.74. The molecule has 1 fully saturated rings. The molecule has 0 bridgehead atoms. The maximum Gasteiger partial charge on any atom is 0.411 e. The molecular weight excluding hydrogens is 357 g/mol. The minimum Gasteiger partial charge on any atom is -0.465 e. The Morgan fingerprint density at radius 3 is 2.44 bits per heavy atom. The van der Waals surface area contributed by atoms with Gasteiger partial charge in [-0.15, -0.1) is 0 Å². The highest BCUT2D eigenvalue weighted by molar-refractivity contribution is 5.92. The molecule has 1 N–H and O–H groups in total. The quantitative estimate of drug-likeness (QED) is 0.817. The zero-order chi connectivity index (χ0) is 19.6. The van der Waals surface area contributed by atoms with Gasteiger partial charge in [-0.3, -0.25) is 4.90 Å². The average Bonchev–Trinajstić information content (AvgIpc) is 3.00. The van der Waals surface area contributed by atoms with Crippen LogP contribution in [0.4, 0.5) is 23.7 Å². The summed E-state index contributed by atoms with van der Waals surface area (Å²) in [5.41, 5.74) is 0.427. The summed E-state index contributed by atoms with van der Waals surface area (Å²) in [5.74, 6) is -2.23. The molecule has 1 saturated heterocycles. The molecule has 1 unspecified atom stereocenters. The third-order valence-electron chi connectivity index (χ3n) is 5.01. The first-order valence-electron chi connectivity index (χ1n) is 8.82. The van der Waals surface area contributed by atoms with Gasteiger partial charge < -0.3 is 10.0 Å². The van der Waals surface area contributed by atoms with Crippen molar-refractivity contribution < 1.29 is 23.1 Å². The first kappa shape index (κ1) is 19.2. The van der Waals surface area contributed by atoms with Crippen molar-refractivity contribution >= 4 is 11.8 Å². The molecule has 0 aromatic heterocycles. The van der Waals surface area contributed by atoms with E-state index in [0.717, 1.165) is 48.6 Å². The van der Waals surface area contributed by atoms with Crippen molar-refractivity contribution in [1.29, 1.82) is 0 Å². The van der Waals surface area contributed by atoms with E-state index in [2.05, 4.69) is 4.90 Å². The van der Waals surface area contributed by atoms with Gasteiger partial charge in [-0.2, -0.15) is 0 Å². The van der Waals surface area contributed by atoms with Crippen LogP contribution in [0.2, 0.25) is 0 Å². The lowest BCUT2D eigenvalue weighted by Gasteiger charge is -2.26.